The Bertz CT molecular complexity index is 99.5. The lowest BCUT2D eigenvalue weighted by Crippen LogP contribution is -1.88. The maximum absolute atomic E-state index is 5.33. The highest BCUT2D eigenvalue weighted by Crippen LogP contribution is 2.26. The van der Waals surface area contributed by atoms with Crippen LogP contribution in [0.5, 0.6) is 0 Å². The van der Waals surface area contributed by atoms with Crippen LogP contribution < -0.4 is 10.9 Å². The van der Waals surface area contributed by atoms with Crippen molar-refractivity contribution in [1.82, 2.24) is 0 Å². The van der Waals surface area contributed by atoms with Crippen molar-refractivity contribution in [3.8, 4) is 0 Å². The number of rotatable bonds is 2. The summed E-state index contributed by atoms with van der Waals surface area (Å²) in [6.45, 7) is 1.90. The SMILES string of the molecule is C/C(SSN)=C(/N)Br. The summed E-state index contributed by atoms with van der Waals surface area (Å²) in [5.74, 6) is 0. The van der Waals surface area contributed by atoms with Crippen LogP contribution >= 0.6 is 37.7 Å². The van der Waals surface area contributed by atoms with E-state index in [4.69, 9.17) is 10.9 Å². The predicted molar refractivity (Wildman–Crippen MR) is 45.2 cm³/mol. The maximum Gasteiger partial charge on any atom is 0.0856 e. The topological polar surface area (TPSA) is 52.0 Å². The summed E-state index contributed by atoms with van der Waals surface area (Å²) in [6.07, 6.45) is 0. The minimum absolute atomic E-state index is 0.653. The molecule has 0 aromatic rings. The fourth-order valence-corrected chi connectivity index (χ4v) is 1.60. The van der Waals surface area contributed by atoms with Crippen molar-refractivity contribution < 1.29 is 0 Å². The van der Waals surface area contributed by atoms with Gasteiger partial charge in [-0.05, 0) is 44.6 Å². The van der Waals surface area contributed by atoms with Gasteiger partial charge in [-0.1, -0.05) is 0 Å². The van der Waals surface area contributed by atoms with Gasteiger partial charge in [-0.15, -0.1) is 0 Å². The van der Waals surface area contributed by atoms with E-state index in [9.17, 15) is 0 Å². The van der Waals surface area contributed by atoms with E-state index in [0.29, 0.717) is 4.61 Å². The lowest BCUT2D eigenvalue weighted by atomic mass is 10.7. The quantitative estimate of drug-likeness (QED) is 0.419. The third-order valence-corrected chi connectivity index (χ3v) is 2.97. The molecule has 0 aliphatic rings. The lowest BCUT2D eigenvalue weighted by molar-refractivity contribution is 1.49. The molecule has 0 saturated carbocycles. The first-order chi connectivity index (χ1) is 3.68. The van der Waals surface area contributed by atoms with E-state index in [2.05, 4.69) is 15.9 Å². The molecule has 0 unspecified atom stereocenters. The smallest absolute Gasteiger partial charge is 0.0856 e. The fraction of sp³-hybridized carbons (Fsp3) is 0.333. The standard InChI is InChI=1S/C3H7BrN2S2/c1-2(3(4)5)7-8-6/h5-6H2,1H3/b3-2-. The summed E-state index contributed by atoms with van der Waals surface area (Å²) in [7, 11) is 2.63. The molecule has 0 spiro atoms. The van der Waals surface area contributed by atoms with E-state index in [1.807, 2.05) is 6.92 Å². The molecule has 0 bridgehead atoms. The minimum atomic E-state index is 0.653. The molecule has 0 aromatic heterocycles. The normalized spacial score (nSPS) is 13.4. The zero-order chi connectivity index (χ0) is 6.57. The van der Waals surface area contributed by atoms with Gasteiger partial charge in [0.05, 0.1) is 4.61 Å². The summed E-state index contributed by atoms with van der Waals surface area (Å²) in [5.41, 5.74) is 5.33. The second kappa shape index (κ2) is 4.55. The molecule has 0 rings (SSSR count). The summed E-state index contributed by atoms with van der Waals surface area (Å²) in [4.78, 5) is 0.998. The van der Waals surface area contributed by atoms with Gasteiger partial charge in [-0.3, -0.25) is 5.14 Å². The van der Waals surface area contributed by atoms with E-state index >= 15 is 0 Å². The molecule has 0 saturated heterocycles. The number of halogens is 1. The molecule has 0 aliphatic carbocycles. The number of hydrogen-bond acceptors (Lipinski definition) is 4. The predicted octanol–water partition coefficient (Wildman–Crippen LogP) is 1.78. The van der Waals surface area contributed by atoms with Crippen LogP contribution in [0.1, 0.15) is 6.92 Å². The van der Waals surface area contributed by atoms with Gasteiger partial charge in [0.1, 0.15) is 0 Å². The molecule has 0 radical (unpaired) electrons. The van der Waals surface area contributed by atoms with E-state index in [-0.39, 0.29) is 0 Å². The van der Waals surface area contributed by atoms with Gasteiger partial charge in [-0.2, -0.15) is 0 Å². The van der Waals surface area contributed by atoms with E-state index in [1.54, 1.807) is 0 Å². The Morgan fingerprint density at radius 2 is 2.12 bits per heavy atom. The van der Waals surface area contributed by atoms with E-state index in [1.165, 1.54) is 21.8 Å². The first-order valence-corrected chi connectivity index (χ1v) is 4.84. The maximum atomic E-state index is 5.33. The zero-order valence-electron chi connectivity index (χ0n) is 4.35. The van der Waals surface area contributed by atoms with Crippen molar-refractivity contribution in [3.63, 3.8) is 0 Å². The van der Waals surface area contributed by atoms with Crippen molar-refractivity contribution in [2.75, 3.05) is 0 Å². The van der Waals surface area contributed by atoms with Gasteiger partial charge < -0.3 is 5.73 Å². The van der Waals surface area contributed by atoms with Gasteiger partial charge in [0, 0.05) is 4.91 Å². The van der Waals surface area contributed by atoms with Crippen LogP contribution in [0.4, 0.5) is 0 Å². The highest BCUT2D eigenvalue weighted by Gasteiger charge is 1.91. The summed E-state index contributed by atoms with van der Waals surface area (Å²) in [5, 5.41) is 5.14. The first kappa shape index (κ1) is 8.68. The molecule has 2 nitrogen and oxygen atoms in total. The number of allylic oxidation sites excluding steroid dienone is 1. The lowest BCUT2D eigenvalue weighted by Gasteiger charge is -1.94. The molecule has 0 aliphatic heterocycles. The number of nitrogens with two attached hydrogens (primary N) is 2. The molecule has 0 heterocycles. The molecular weight excluding hydrogens is 208 g/mol. The second-order valence-corrected chi connectivity index (χ2v) is 3.99. The van der Waals surface area contributed by atoms with Gasteiger partial charge >= 0.3 is 0 Å². The molecule has 5 heteroatoms. The Labute approximate surface area is 65.1 Å². The average molecular weight is 215 g/mol. The van der Waals surface area contributed by atoms with Gasteiger partial charge in [-0.25, -0.2) is 0 Å². The molecule has 4 N–H and O–H groups in total. The van der Waals surface area contributed by atoms with Crippen molar-refractivity contribution >= 4 is 37.7 Å². The zero-order valence-corrected chi connectivity index (χ0v) is 7.57. The van der Waals surface area contributed by atoms with Crippen LogP contribution in [0.3, 0.4) is 0 Å². The molecule has 48 valence electrons. The molecule has 0 amide bonds. The summed E-state index contributed by atoms with van der Waals surface area (Å²) in [6, 6.07) is 0. The Balaban J connectivity index is 3.62. The Kier molecular flexibility index (Phi) is 4.94. The summed E-state index contributed by atoms with van der Waals surface area (Å²) >= 11 is 3.11. The highest BCUT2D eigenvalue weighted by atomic mass is 79.9. The van der Waals surface area contributed by atoms with Gasteiger partial charge in [0.2, 0.25) is 0 Å². The van der Waals surface area contributed by atoms with Gasteiger partial charge in [0.25, 0.3) is 0 Å². The van der Waals surface area contributed by atoms with E-state index < -0.39 is 0 Å². The fourth-order valence-electron chi connectivity index (χ4n) is 0.112. The van der Waals surface area contributed by atoms with Crippen molar-refractivity contribution in [1.29, 1.82) is 0 Å². The van der Waals surface area contributed by atoms with Crippen LogP contribution in [0.15, 0.2) is 9.51 Å². The molecule has 8 heavy (non-hydrogen) atoms. The van der Waals surface area contributed by atoms with Crippen molar-refractivity contribution in [2.45, 2.75) is 6.92 Å². The average Bonchev–Trinajstić information content (AvgIpc) is 1.67. The van der Waals surface area contributed by atoms with Gasteiger partial charge in [0.15, 0.2) is 0 Å². The Morgan fingerprint density at radius 3 is 2.25 bits per heavy atom. The molecular formula is C3H7BrN2S2. The Morgan fingerprint density at radius 1 is 1.62 bits per heavy atom. The third-order valence-electron chi connectivity index (χ3n) is 0.509. The molecule has 0 aromatic carbocycles. The second-order valence-electron chi connectivity index (χ2n) is 1.08. The van der Waals surface area contributed by atoms with Crippen molar-refractivity contribution in [2.24, 2.45) is 10.9 Å². The molecule has 0 atom stereocenters. The monoisotopic (exact) mass is 214 g/mol. The third kappa shape index (κ3) is 3.65. The number of hydrogen-bond donors (Lipinski definition) is 2. The van der Waals surface area contributed by atoms with Crippen LogP contribution in [-0.2, 0) is 0 Å². The largest absolute Gasteiger partial charge is 0.392 e. The highest BCUT2D eigenvalue weighted by molar-refractivity contribution is 9.11. The van der Waals surface area contributed by atoms with E-state index in [0.717, 1.165) is 4.91 Å². The van der Waals surface area contributed by atoms with Crippen LogP contribution in [0.2, 0.25) is 0 Å². The minimum Gasteiger partial charge on any atom is -0.392 e. The molecule has 0 fully saturated rings. The Hall–Kier alpha value is 0.680. The summed E-state index contributed by atoms with van der Waals surface area (Å²) < 4.78 is 0.653. The van der Waals surface area contributed by atoms with Crippen molar-refractivity contribution in [3.05, 3.63) is 9.51 Å². The van der Waals surface area contributed by atoms with Crippen LogP contribution in [0, 0.1) is 0 Å². The first-order valence-electron chi connectivity index (χ1n) is 1.83. The van der Waals surface area contributed by atoms with Crippen LogP contribution in [0.25, 0.3) is 0 Å². The van der Waals surface area contributed by atoms with Crippen LogP contribution in [-0.4, -0.2) is 0 Å².